The number of aromatic nitrogens is 3. The number of aromatic amines is 1. The van der Waals surface area contributed by atoms with E-state index < -0.39 is 0 Å². The molecule has 1 aromatic carbocycles. The van der Waals surface area contributed by atoms with Crippen molar-refractivity contribution < 1.29 is 4.57 Å². The average Bonchev–Trinajstić information content (AvgIpc) is 3.26. The fourth-order valence-corrected chi connectivity index (χ4v) is 4.50. The van der Waals surface area contributed by atoms with E-state index in [0.29, 0.717) is 0 Å². The Hall–Kier alpha value is -2.42. The van der Waals surface area contributed by atoms with Gasteiger partial charge in [-0.2, -0.15) is 0 Å². The van der Waals surface area contributed by atoms with E-state index in [4.69, 9.17) is 0 Å². The molecule has 0 bridgehead atoms. The van der Waals surface area contributed by atoms with Crippen LogP contribution in [0.3, 0.4) is 0 Å². The first-order valence-electron chi connectivity index (χ1n) is 13.5. The fraction of sp³-hybridized carbons (Fsp3) is 0.533. The van der Waals surface area contributed by atoms with Gasteiger partial charge in [0.25, 0.3) is 0 Å². The highest BCUT2D eigenvalue weighted by molar-refractivity contribution is 5.78. The van der Waals surface area contributed by atoms with Gasteiger partial charge in [-0.1, -0.05) is 96.1 Å². The topological polar surface area (TPSA) is 32.6 Å². The SMILES string of the molecule is CCCCCCCCCCCCCCCC[n+]1cccc(/C=C/c2nc3ccccc3[nH]2)c1. The molecule has 1 N–H and O–H groups in total. The van der Waals surface area contributed by atoms with Gasteiger partial charge in [0.2, 0.25) is 0 Å². The van der Waals surface area contributed by atoms with E-state index >= 15 is 0 Å². The van der Waals surface area contributed by atoms with Gasteiger partial charge in [0, 0.05) is 18.1 Å². The maximum Gasteiger partial charge on any atom is 0.176 e. The van der Waals surface area contributed by atoms with Crippen molar-refractivity contribution in [3.05, 3.63) is 60.2 Å². The van der Waals surface area contributed by atoms with Crippen molar-refractivity contribution in [3.8, 4) is 0 Å². The molecular formula is C30H44N3+. The maximum absolute atomic E-state index is 4.62. The number of nitrogens with zero attached hydrogens (tertiary/aromatic N) is 2. The summed E-state index contributed by atoms with van der Waals surface area (Å²) in [6.07, 6.45) is 28.3. The third-order valence-electron chi connectivity index (χ3n) is 6.49. The minimum atomic E-state index is 0.901. The van der Waals surface area contributed by atoms with Crippen LogP contribution in [0.25, 0.3) is 23.2 Å². The van der Waals surface area contributed by atoms with Crippen molar-refractivity contribution in [2.45, 2.75) is 103 Å². The quantitative estimate of drug-likeness (QED) is 0.164. The van der Waals surface area contributed by atoms with Crippen LogP contribution in [0.4, 0.5) is 0 Å². The van der Waals surface area contributed by atoms with Crippen LogP contribution in [0.1, 0.15) is 108 Å². The minimum absolute atomic E-state index is 0.901. The molecule has 0 atom stereocenters. The lowest BCUT2D eigenvalue weighted by molar-refractivity contribution is -0.697. The summed E-state index contributed by atoms with van der Waals surface area (Å²) in [6, 6.07) is 12.4. The zero-order valence-corrected chi connectivity index (χ0v) is 20.8. The molecule has 0 amide bonds. The molecular weight excluding hydrogens is 402 g/mol. The second kappa shape index (κ2) is 15.4. The number of benzene rings is 1. The van der Waals surface area contributed by atoms with Crippen molar-refractivity contribution in [2.75, 3.05) is 0 Å². The van der Waals surface area contributed by atoms with Gasteiger partial charge in [0.15, 0.2) is 12.4 Å². The molecule has 3 nitrogen and oxygen atoms in total. The van der Waals surface area contributed by atoms with Crippen LogP contribution in [0.2, 0.25) is 0 Å². The third-order valence-corrected chi connectivity index (χ3v) is 6.49. The predicted molar refractivity (Wildman–Crippen MR) is 142 cm³/mol. The van der Waals surface area contributed by atoms with Crippen LogP contribution in [-0.2, 0) is 6.54 Å². The van der Waals surface area contributed by atoms with E-state index in [2.05, 4.69) is 64.2 Å². The first-order chi connectivity index (χ1) is 16.3. The molecule has 0 radical (unpaired) electrons. The van der Waals surface area contributed by atoms with E-state index in [9.17, 15) is 0 Å². The fourth-order valence-electron chi connectivity index (χ4n) is 4.50. The van der Waals surface area contributed by atoms with Gasteiger partial charge in [-0.3, -0.25) is 0 Å². The standard InChI is InChI=1S/C30H44N3/c1-2-3-4-5-6-7-8-9-10-11-12-13-14-17-24-33-25-18-19-27(26-33)22-23-30-31-28-20-15-16-21-29(28)32-30/h15-16,18-23,25-26H,2-14,17,24H2,1H3,(H,31,32)/q+1/b23-22+. The second-order valence-corrected chi connectivity index (χ2v) is 9.44. The average molecular weight is 447 g/mol. The van der Waals surface area contributed by atoms with Crippen LogP contribution in [0, 0.1) is 0 Å². The Morgan fingerprint density at radius 1 is 0.727 bits per heavy atom. The zero-order valence-electron chi connectivity index (χ0n) is 20.8. The van der Waals surface area contributed by atoms with Gasteiger partial charge >= 0.3 is 0 Å². The Bertz CT molecular complexity index is 907. The molecule has 0 saturated heterocycles. The van der Waals surface area contributed by atoms with Crippen LogP contribution in [0.5, 0.6) is 0 Å². The lowest BCUT2D eigenvalue weighted by Gasteiger charge is -2.03. The number of rotatable bonds is 17. The van der Waals surface area contributed by atoms with Crippen molar-refractivity contribution in [1.29, 1.82) is 0 Å². The Labute approximate surface area is 201 Å². The molecule has 178 valence electrons. The summed E-state index contributed by atoms with van der Waals surface area (Å²) < 4.78 is 2.32. The number of hydrogen-bond acceptors (Lipinski definition) is 1. The molecule has 0 aliphatic rings. The van der Waals surface area contributed by atoms with Crippen molar-refractivity contribution in [3.63, 3.8) is 0 Å². The van der Waals surface area contributed by atoms with Gasteiger partial charge in [-0.15, -0.1) is 0 Å². The van der Waals surface area contributed by atoms with Crippen LogP contribution < -0.4 is 4.57 Å². The number of H-pyrrole nitrogens is 1. The molecule has 0 saturated carbocycles. The second-order valence-electron chi connectivity index (χ2n) is 9.44. The third kappa shape index (κ3) is 9.94. The van der Waals surface area contributed by atoms with Crippen LogP contribution in [0.15, 0.2) is 48.8 Å². The monoisotopic (exact) mass is 446 g/mol. The maximum atomic E-state index is 4.62. The molecule has 0 aliphatic carbocycles. The zero-order chi connectivity index (χ0) is 23.0. The van der Waals surface area contributed by atoms with Gasteiger partial charge < -0.3 is 4.98 Å². The van der Waals surface area contributed by atoms with Gasteiger partial charge in [-0.25, -0.2) is 9.55 Å². The van der Waals surface area contributed by atoms with Gasteiger partial charge in [0.1, 0.15) is 12.4 Å². The van der Waals surface area contributed by atoms with Crippen molar-refractivity contribution >= 4 is 23.2 Å². The Kier molecular flexibility index (Phi) is 11.8. The molecule has 2 aromatic heterocycles. The molecule has 0 spiro atoms. The summed E-state index contributed by atoms with van der Waals surface area (Å²) in [7, 11) is 0. The van der Waals surface area contributed by atoms with E-state index in [-0.39, 0.29) is 0 Å². The predicted octanol–water partition coefficient (Wildman–Crippen LogP) is 8.50. The highest BCUT2D eigenvalue weighted by Gasteiger charge is 2.03. The Morgan fingerprint density at radius 2 is 1.36 bits per heavy atom. The number of imidazole rings is 1. The molecule has 3 rings (SSSR count). The number of pyridine rings is 1. The molecule has 2 heterocycles. The van der Waals surface area contributed by atoms with E-state index in [1.54, 1.807) is 0 Å². The van der Waals surface area contributed by atoms with E-state index in [1.807, 2.05) is 18.2 Å². The van der Waals surface area contributed by atoms with Gasteiger partial charge in [0.05, 0.1) is 11.0 Å². The number of nitrogens with one attached hydrogen (secondary N) is 1. The molecule has 33 heavy (non-hydrogen) atoms. The number of aryl methyl sites for hydroxylation is 1. The molecule has 0 fully saturated rings. The molecule has 0 aliphatic heterocycles. The Morgan fingerprint density at radius 3 is 2.03 bits per heavy atom. The van der Waals surface area contributed by atoms with Crippen LogP contribution >= 0.6 is 0 Å². The summed E-state index contributed by atoms with van der Waals surface area (Å²) in [4.78, 5) is 7.98. The summed E-state index contributed by atoms with van der Waals surface area (Å²) in [5, 5.41) is 0. The number of fused-ring (bicyclic) bond motifs is 1. The van der Waals surface area contributed by atoms with Crippen LogP contribution in [-0.4, -0.2) is 9.97 Å². The molecule has 0 unspecified atom stereocenters. The lowest BCUT2D eigenvalue weighted by atomic mass is 10.0. The first kappa shape index (κ1) is 25.2. The summed E-state index contributed by atoms with van der Waals surface area (Å²) in [5.41, 5.74) is 3.31. The molecule has 3 heteroatoms. The van der Waals surface area contributed by atoms with Gasteiger partial charge in [-0.05, 0) is 36.8 Å². The summed E-state index contributed by atoms with van der Waals surface area (Å²) in [6.45, 7) is 3.39. The number of unbranched alkanes of at least 4 members (excludes halogenated alkanes) is 13. The highest BCUT2D eigenvalue weighted by Crippen LogP contribution is 2.14. The van der Waals surface area contributed by atoms with E-state index in [0.717, 1.165) is 23.4 Å². The Balaban J connectivity index is 1.24. The normalized spacial score (nSPS) is 11.7. The lowest BCUT2D eigenvalue weighted by Crippen LogP contribution is -2.32. The number of para-hydroxylation sites is 2. The summed E-state index contributed by atoms with van der Waals surface area (Å²) in [5.74, 6) is 0.901. The highest BCUT2D eigenvalue weighted by atomic mass is 14.9. The van der Waals surface area contributed by atoms with Crippen molar-refractivity contribution in [1.82, 2.24) is 9.97 Å². The molecule has 3 aromatic rings. The number of hydrogen-bond donors (Lipinski definition) is 1. The van der Waals surface area contributed by atoms with E-state index in [1.165, 1.54) is 95.5 Å². The van der Waals surface area contributed by atoms with Crippen molar-refractivity contribution in [2.24, 2.45) is 0 Å². The summed E-state index contributed by atoms with van der Waals surface area (Å²) >= 11 is 0. The largest absolute Gasteiger partial charge is 0.338 e. The first-order valence-corrected chi connectivity index (χ1v) is 13.5. The minimum Gasteiger partial charge on any atom is -0.338 e. The smallest absolute Gasteiger partial charge is 0.176 e.